The largest absolute Gasteiger partial charge is 0.361 e. The van der Waals surface area contributed by atoms with Crippen LogP contribution >= 0.6 is 11.8 Å². The molecule has 1 amide bonds. The van der Waals surface area contributed by atoms with Crippen molar-refractivity contribution in [3.8, 4) is 0 Å². The summed E-state index contributed by atoms with van der Waals surface area (Å²) in [6, 6.07) is 0. The van der Waals surface area contributed by atoms with Crippen LogP contribution < -0.4 is 10.2 Å². The molecule has 0 aliphatic carbocycles. The maximum absolute atomic E-state index is 12.4. The van der Waals surface area contributed by atoms with Crippen molar-refractivity contribution in [3.05, 3.63) is 18.5 Å². The minimum absolute atomic E-state index is 0.0471. The molecule has 0 aliphatic heterocycles. The smallest absolute Gasteiger partial charge is 0.224 e. The van der Waals surface area contributed by atoms with Crippen molar-refractivity contribution in [1.82, 2.24) is 9.97 Å². The van der Waals surface area contributed by atoms with Crippen molar-refractivity contribution in [3.63, 3.8) is 0 Å². The molecule has 0 spiro atoms. The highest BCUT2D eigenvalue weighted by atomic mass is 32.2. The van der Waals surface area contributed by atoms with Crippen LogP contribution in [0.3, 0.4) is 0 Å². The van der Waals surface area contributed by atoms with Gasteiger partial charge in [0, 0.05) is 20.5 Å². The second-order valence-electron chi connectivity index (χ2n) is 8.36. The number of anilines is 2. The Kier molecular flexibility index (Phi) is 16.0. The lowest BCUT2D eigenvalue weighted by molar-refractivity contribution is -0.116. The summed E-state index contributed by atoms with van der Waals surface area (Å²) in [5.41, 5.74) is 0.720. The maximum atomic E-state index is 12.4. The van der Waals surface area contributed by atoms with Crippen LogP contribution in [0.25, 0.3) is 0 Å². The number of hydrogen-bond donors (Lipinski definition) is 1. The molecule has 176 valence electrons. The maximum Gasteiger partial charge on any atom is 0.224 e. The fourth-order valence-electron chi connectivity index (χ4n) is 3.52. The van der Waals surface area contributed by atoms with Gasteiger partial charge in [0.1, 0.15) is 17.0 Å². The van der Waals surface area contributed by atoms with Crippen molar-refractivity contribution in [2.24, 2.45) is 0 Å². The Morgan fingerprint density at radius 3 is 2.10 bits per heavy atom. The first kappa shape index (κ1) is 27.5. The van der Waals surface area contributed by atoms with Gasteiger partial charge in [0.05, 0.1) is 0 Å². The molecule has 0 saturated heterocycles. The SMILES string of the molecule is CCCCCCCC/C=C\CCCCCCCC(=O)Nc1c(SC)ncnc1N(C)C. The lowest BCUT2D eigenvalue weighted by Crippen LogP contribution is -2.18. The molecule has 1 N–H and O–H groups in total. The predicted molar refractivity (Wildman–Crippen MR) is 136 cm³/mol. The lowest BCUT2D eigenvalue weighted by atomic mass is 10.1. The second kappa shape index (κ2) is 18.1. The molecule has 0 atom stereocenters. The molecular weight excluding hydrogens is 404 g/mol. The van der Waals surface area contributed by atoms with E-state index in [0.717, 1.165) is 29.4 Å². The van der Waals surface area contributed by atoms with Gasteiger partial charge in [0.2, 0.25) is 5.91 Å². The molecule has 0 aromatic carbocycles. The summed E-state index contributed by atoms with van der Waals surface area (Å²) in [5.74, 6) is 0.795. The van der Waals surface area contributed by atoms with E-state index >= 15 is 0 Å². The van der Waals surface area contributed by atoms with Crippen LogP contribution in [-0.2, 0) is 4.79 Å². The van der Waals surface area contributed by atoms with Crippen LogP contribution in [-0.4, -0.2) is 36.2 Å². The number of aromatic nitrogens is 2. The summed E-state index contributed by atoms with van der Waals surface area (Å²) in [6.45, 7) is 2.27. The Bertz CT molecular complexity index is 634. The average Bonchev–Trinajstić information content (AvgIpc) is 2.76. The first-order valence-corrected chi connectivity index (χ1v) is 13.3. The van der Waals surface area contributed by atoms with E-state index in [1.165, 1.54) is 82.4 Å². The Balaban J connectivity index is 2.09. The van der Waals surface area contributed by atoms with Gasteiger partial charge in [-0.25, -0.2) is 9.97 Å². The molecule has 1 aromatic rings. The number of thioether (sulfide) groups is 1. The molecule has 1 heterocycles. The average molecular weight is 449 g/mol. The molecule has 0 fully saturated rings. The zero-order valence-electron chi connectivity index (χ0n) is 20.3. The Morgan fingerprint density at radius 2 is 1.52 bits per heavy atom. The molecule has 0 saturated carbocycles. The molecule has 6 heteroatoms. The van der Waals surface area contributed by atoms with E-state index in [2.05, 4.69) is 34.4 Å². The van der Waals surface area contributed by atoms with Crippen molar-refractivity contribution in [2.45, 2.75) is 102 Å². The van der Waals surface area contributed by atoms with Crippen LogP contribution in [0.4, 0.5) is 11.5 Å². The zero-order valence-corrected chi connectivity index (χ0v) is 21.1. The lowest BCUT2D eigenvalue weighted by Gasteiger charge is -2.18. The molecule has 0 unspecified atom stereocenters. The van der Waals surface area contributed by atoms with Gasteiger partial charge in [-0.3, -0.25) is 4.79 Å². The van der Waals surface area contributed by atoms with Gasteiger partial charge in [-0.05, 0) is 38.4 Å². The fraction of sp³-hybridized carbons (Fsp3) is 0.720. The van der Waals surface area contributed by atoms with E-state index in [9.17, 15) is 4.79 Å². The third kappa shape index (κ3) is 12.8. The summed E-state index contributed by atoms with van der Waals surface area (Å²) in [4.78, 5) is 22.9. The first-order chi connectivity index (χ1) is 15.1. The number of unbranched alkanes of at least 4 members (excludes halogenated alkanes) is 11. The number of carbonyl (C=O) groups is 1. The molecule has 0 radical (unpaired) electrons. The number of carbonyl (C=O) groups excluding carboxylic acids is 1. The van der Waals surface area contributed by atoms with Crippen LogP contribution in [0.1, 0.15) is 96.8 Å². The van der Waals surface area contributed by atoms with Gasteiger partial charge in [-0.2, -0.15) is 0 Å². The predicted octanol–water partition coefficient (Wildman–Crippen LogP) is 7.24. The summed E-state index contributed by atoms with van der Waals surface area (Å²) < 4.78 is 0. The molecule has 5 nitrogen and oxygen atoms in total. The van der Waals surface area contributed by atoms with Crippen molar-refractivity contribution in [2.75, 3.05) is 30.6 Å². The summed E-state index contributed by atoms with van der Waals surface area (Å²) in [7, 11) is 3.85. The number of allylic oxidation sites excluding steroid dienone is 2. The molecule has 0 bridgehead atoms. The number of rotatable bonds is 18. The second-order valence-corrected chi connectivity index (χ2v) is 9.15. The van der Waals surface area contributed by atoms with Gasteiger partial charge < -0.3 is 10.2 Å². The summed E-state index contributed by atoms with van der Waals surface area (Å²) >= 11 is 1.52. The van der Waals surface area contributed by atoms with E-state index in [1.807, 2.05) is 25.3 Å². The standard InChI is InChI=1S/C25H44N4OS/c1-5-6-7-8-9-10-11-12-13-14-15-16-17-18-19-20-22(30)28-23-24(29(2)3)26-21-27-25(23)31-4/h12-13,21H,5-11,14-20H2,1-4H3,(H,28,30)/b13-12-. The highest BCUT2D eigenvalue weighted by Crippen LogP contribution is 2.30. The summed E-state index contributed by atoms with van der Waals surface area (Å²) in [5, 5.41) is 3.83. The van der Waals surface area contributed by atoms with E-state index < -0.39 is 0 Å². The third-order valence-corrected chi connectivity index (χ3v) is 6.04. The Labute approximate surface area is 194 Å². The topological polar surface area (TPSA) is 58.1 Å². The Morgan fingerprint density at radius 1 is 0.935 bits per heavy atom. The molecule has 1 aromatic heterocycles. The van der Waals surface area contributed by atoms with Gasteiger partial charge >= 0.3 is 0 Å². The minimum atomic E-state index is 0.0471. The first-order valence-electron chi connectivity index (χ1n) is 12.1. The summed E-state index contributed by atoms with van der Waals surface area (Å²) in [6.07, 6.45) is 25.2. The molecule has 31 heavy (non-hydrogen) atoms. The third-order valence-electron chi connectivity index (χ3n) is 5.34. The van der Waals surface area contributed by atoms with E-state index in [1.54, 1.807) is 6.33 Å². The number of nitrogens with zero attached hydrogens (tertiary/aromatic N) is 3. The van der Waals surface area contributed by atoms with E-state index in [0.29, 0.717) is 6.42 Å². The van der Waals surface area contributed by atoms with Crippen LogP contribution in [0.2, 0.25) is 0 Å². The fourth-order valence-corrected chi connectivity index (χ4v) is 4.02. The van der Waals surface area contributed by atoms with Gasteiger partial charge in [0.15, 0.2) is 5.82 Å². The van der Waals surface area contributed by atoms with Gasteiger partial charge in [-0.15, -0.1) is 11.8 Å². The minimum Gasteiger partial charge on any atom is -0.361 e. The number of hydrogen-bond acceptors (Lipinski definition) is 5. The zero-order chi connectivity index (χ0) is 22.7. The van der Waals surface area contributed by atoms with Gasteiger partial charge in [0.25, 0.3) is 0 Å². The number of nitrogens with one attached hydrogen (secondary N) is 1. The Hall–Kier alpha value is -1.56. The van der Waals surface area contributed by atoms with E-state index in [-0.39, 0.29) is 5.91 Å². The number of amides is 1. The normalized spacial score (nSPS) is 11.2. The van der Waals surface area contributed by atoms with Crippen molar-refractivity contribution >= 4 is 29.2 Å². The van der Waals surface area contributed by atoms with Crippen molar-refractivity contribution < 1.29 is 4.79 Å². The molecule has 0 aliphatic rings. The molecule has 1 rings (SSSR count). The van der Waals surface area contributed by atoms with Crippen LogP contribution in [0.5, 0.6) is 0 Å². The highest BCUT2D eigenvalue weighted by molar-refractivity contribution is 7.98. The van der Waals surface area contributed by atoms with E-state index in [4.69, 9.17) is 0 Å². The van der Waals surface area contributed by atoms with Crippen LogP contribution in [0, 0.1) is 0 Å². The van der Waals surface area contributed by atoms with Crippen LogP contribution in [0.15, 0.2) is 23.5 Å². The van der Waals surface area contributed by atoms with Gasteiger partial charge in [-0.1, -0.05) is 70.4 Å². The molecular formula is C25H44N4OS. The quantitative estimate of drug-likeness (QED) is 0.111. The monoisotopic (exact) mass is 448 g/mol. The highest BCUT2D eigenvalue weighted by Gasteiger charge is 2.15. The van der Waals surface area contributed by atoms with Crippen molar-refractivity contribution in [1.29, 1.82) is 0 Å².